The Morgan fingerprint density at radius 2 is 1.92 bits per heavy atom. The molecular formula is C17H15ClF3NO2. The van der Waals surface area contributed by atoms with Gasteiger partial charge in [-0.05, 0) is 36.8 Å². The van der Waals surface area contributed by atoms with Crippen LogP contribution in [0.5, 0.6) is 5.75 Å². The van der Waals surface area contributed by atoms with Gasteiger partial charge in [0.2, 0.25) is 0 Å². The SMILES string of the molecule is CC[C@H](Oc1ccccc1Cl)C(=O)Nc1cccc(C(F)(F)F)c1. The van der Waals surface area contributed by atoms with Gasteiger partial charge in [-0.15, -0.1) is 0 Å². The van der Waals surface area contributed by atoms with E-state index < -0.39 is 23.8 Å². The third kappa shape index (κ3) is 4.64. The van der Waals surface area contributed by atoms with Crippen LogP contribution in [-0.2, 0) is 11.0 Å². The Hall–Kier alpha value is -2.21. The fourth-order valence-corrected chi connectivity index (χ4v) is 2.19. The summed E-state index contributed by atoms with van der Waals surface area (Å²) in [6.07, 6.45) is -5.02. The highest BCUT2D eigenvalue weighted by atomic mass is 35.5. The molecule has 0 saturated heterocycles. The molecule has 0 spiro atoms. The van der Waals surface area contributed by atoms with Crippen molar-refractivity contribution in [2.75, 3.05) is 5.32 Å². The first-order valence-corrected chi connectivity index (χ1v) is 7.58. The van der Waals surface area contributed by atoms with E-state index in [4.69, 9.17) is 16.3 Å². The Kier molecular flexibility index (Phi) is 5.72. The first-order chi connectivity index (χ1) is 11.3. The summed E-state index contributed by atoms with van der Waals surface area (Å²) in [4.78, 5) is 12.3. The number of nitrogens with one attached hydrogen (secondary N) is 1. The maximum absolute atomic E-state index is 12.7. The lowest BCUT2D eigenvalue weighted by molar-refractivity contribution is -0.137. The number of para-hydroxylation sites is 1. The van der Waals surface area contributed by atoms with Crippen LogP contribution in [0.1, 0.15) is 18.9 Å². The van der Waals surface area contributed by atoms with Crippen molar-refractivity contribution >= 4 is 23.2 Å². The van der Waals surface area contributed by atoms with Crippen molar-refractivity contribution in [3.8, 4) is 5.75 Å². The van der Waals surface area contributed by atoms with Crippen molar-refractivity contribution < 1.29 is 22.7 Å². The number of hydrogen-bond donors (Lipinski definition) is 1. The molecule has 1 atom stereocenters. The van der Waals surface area contributed by atoms with Crippen LogP contribution in [0.25, 0.3) is 0 Å². The van der Waals surface area contributed by atoms with Crippen molar-refractivity contribution in [3.63, 3.8) is 0 Å². The first-order valence-electron chi connectivity index (χ1n) is 7.20. The molecule has 2 aromatic carbocycles. The van der Waals surface area contributed by atoms with E-state index in [1.54, 1.807) is 31.2 Å². The number of alkyl halides is 3. The van der Waals surface area contributed by atoms with Crippen molar-refractivity contribution in [1.29, 1.82) is 0 Å². The number of ether oxygens (including phenoxy) is 1. The van der Waals surface area contributed by atoms with Gasteiger partial charge < -0.3 is 10.1 Å². The van der Waals surface area contributed by atoms with E-state index in [9.17, 15) is 18.0 Å². The highest BCUT2D eigenvalue weighted by molar-refractivity contribution is 6.32. The molecule has 7 heteroatoms. The van der Waals surface area contributed by atoms with E-state index in [0.717, 1.165) is 12.1 Å². The smallest absolute Gasteiger partial charge is 0.416 e. The van der Waals surface area contributed by atoms with E-state index in [2.05, 4.69) is 5.32 Å². The van der Waals surface area contributed by atoms with Crippen LogP contribution in [0.2, 0.25) is 5.02 Å². The summed E-state index contributed by atoms with van der Waals surface area (Å²) < 4.78 is 43.7. The van der Waals surface area contributed by atoms with Gasteiger partial charge >= 0.3 is 6.18 Å². The third-order valence-electron chi connectivity index (χ3n) is 3.23. The Bertz CT molecular complexity index is 719. The molecule has 2 rings (SSSR count). The number of rotatable bonds is 5. The predicted octanol–water partition coefficient (Wildman–Crippen LogP) is 5.15. The Balaban J connectivity index is 2.11. The van der Waals surface area contributed by atoms with Gasteiger partial charge in [-0.1, -0.05) is 36.7 Å². The van der Waals surface area contributed by atoms with Crippen molar-refractivity contribution in [3.05, 3.63) is 59.1 Å². The van der Waals surface area contributed by atoms with Crippen LogP contribution in [0, 0.1) is 0 Å². The van der Waals surface area contributed by atoms with Crippen molar-refractivity contribution in [2.24, 2.45) is 0 Å². The van der Waals surface area contributed by atoms with Crippen molar-refractivity contribution in [1.82, 2.24) is 0 Å². The normalized spacial score (nSPS) is 12.5. The minimum absolute atomic E-state index is 0.0519. The molecule has 2 aromatic rings. The lowest BCUT2D eigenvalue weighted by Crippen LogP contribution is -2.32. The fourth-order valence-electron chi connectivity index (χ4n) is 2.01. The second-order valence-electron chi connectivity index (χ2n) is 5.01. The van der Waals surface area contributed by atoms with E-state index in [0.29, 0.717) is 17.2 Å². The van der Waals surface area contributed by atoms with Crippen LogP contribution < -0.4 is 10.1 Å². The number of carbonyl (C=O) groups excluding carboxylic acids is 1. The van der Waals surface area contributed by atoms with Gasteiger partial charge in [-0.25, -0.2) is 0 Å². The molecule has 0 fully saturated rings. The number of carbonyl (C=O) groups is 1. The second-order valence-corrected chi connectivity index (χ2v) is 5.42. The van der Waals surface area contributed by atoms with Gasteiger partial charge in [0.15, 0.2) is 6.10 Å². The number of benzene rings is 2. The monoisotopic (exact) mass is 357 g/mol. The highest BCUT2D eigenvalue weighted by Gasteiger charge is 2.30. The van der Waals surface area contributed by atoms with E-state index in [-0.39, 0.29) is 5.69 Å². The average Bonchev–Trinajstić information content (AvgIpc) is 2.53. The molecule has 24 heavy (non-hydrogen) atoms. The predicted molar refractivity (Wildman–Crippen MR) is 86.2 cm³/mol. The van der Waals surface area contributed by atoms with Gasteiger partial charge in [-0.3, -0.25) is 4.79 Å². The molecule has 0 bridgehead atoms. The number of anilines is 1. The largest absolute Gasteiger partial charge is 0.479 e. The maximum Gasteiger partial charge on any atom is 0.416 e. The molecule has 0 unspecified atom stereocenters. The fraction of sp³-hybridized carbons (Fsp3) is 0.235. The molecule has 0 aromatic heterocycles. The zero-order valence-electron chi connectivity index (χ0n) is 12.7. The molecule has 0 aliphatic carbocycles. The summed E-state index contributed by atoms with van der Waals surface area (Å²) in [6, 6.07) is 11.1. The molecule has 0 heterocycles. The Morgan fingerprint density at radius 3 is 2.54 bits per heavy atom. The molecule has 0 aliphatic rings. The van der Waals surface area contributed by atoms with Gasteiger partial charge in [-0.2, -0.15) is 13.2 Å². The summed E-state index contributed by atoms with van der Waals surface area (Å²) in [5.41, 5.74) is -0.781. The van der Waals surface area contributed by atoms with Crippen LogP contribution in [0.3, 0.4) is 0 Å². The number of amides is 1. The number of hydrogen-bond acceptors (Lipinski definition) is 2. The zero-order chi connectivity index (χ0) is 17.7. The Labute approximate surface area is 142 Å². The molecule has 3 nitrogen and oxygen atoms in total. The van der Waals surface area contributed by atoms with E-state index in [1.165, 1.54) is 12.1 Å². The van der Waals surface area contributed by atoms with Crippen LogP contribution >= 0.6 is 11.6 Å². The summed E-state index contributed by atoms with van der Waals surface area (Å²) in [5.74, 6) is -0.207. The van der Waals surface area contributed by atoms with Gasteiger partial charge in [0.25, 0.3) is 5.91 Å². The summed E-state index contributed by atoms with van der Waals surface area (Å²) in [6.45, 7) is 1.73. The van der Waals surface area contributed by atoms with Gasteiger partial charge in [0.1, 0.15) is 5.75 Å². The van der Waals surface area contributed by atoms with E-state index in [1.807, 2.05) is 0 Å². The quantitative estimate of drug-likeness (QED) is 0.803. The molecule has 1 amide bonds. The molecular weight excluding hydrogens is 343 g/mol. The summed E-state index contributed by atoms with van der Waals surface area (Å²) >= 11 is 5.98. The van der Waals surface area contributed by atoms with Crippen LogP contribution in [-0.4, -0.2) is 12.0 Å². The standard InChI is InChI=1S/C17H15ClF3NO2/c1-2-14(24-15-9-4-3-8-13(15)18)16(23)22-12-7-5-6-11(10-12)17(19,20)21/h3-10,14H,2H2,1H3,(H,22,23)/t14-/m0/s1. The van der Waals surface area contributed by atoms with E-state index >= 15 is 0 Å². The summed E-state index contributed by atoms with van der Waals surface area (Å²) in [7, 11) is 0. The minimum Gasteiger partial charge on any atom is -0.479 e. The molecule has 0 aliphatic heterocycles. The topological polar surface area (TPSA) is 38.3 Å². The molecule has 128 valence electrons. The minimum atomic E-state index is -4.47. The third-order valence-corrected chi connectivity index (χ3v) is 3.54. The summed E-state index contributed by atoms with van der Waals surface area (Å²) in [5, 5.41) is 2.79. The Morgan fingerprint density at radius 1 is 1.21 bits per heavy atom. The van der Waals surface area contributed by atoms with Crippen LogP contribution in [0.4, 0.5) is 18.9 Å². The first kappa shape index (κ1) is 18.1. The maximum atomic E-state index is 12.7. The molecule has 0 saturated carbocycles. The van der Waals surface area contributed by atoms with Crippen LogP contribution in [0.15, 0.2) is 48.5 Å². The lowest BCUT2D eigenvalue weighted by Gasteiger charge is -2.18. The molecule has 0 radical (unpaired) electrons. The van der Waals surface area contributed by atoms with Gasteiger partial charge in [0.05, 0.1) is 10.6 Å². The molecule has 1 N–H and O–H groups in total. The average molecular weight is 358 g/mol. The highest BCUT2D eigenvalue weighted by Crippen LogP contribution is 2.31. The zero-order valence-corrected chi connectivity index (χ0v) is 13.5. The second kappa shape index (κ2) is 7.57. The van der Waals surface area contributed by atoms with Crippen molar-refractivity contribution in [2.45, 2.75) is 25.6 Å². The number of halogens is 4. The van der Waals surface area contributed by atoms with Gasteiger partial charge in [0, 0.05) is 5.69 Å². The lowest BCUT2D eigenvalue weighted by atomic mass is 10.2.